The summed E-state index contributed by atoms with van der Waals surface area (Å²) in [6, 6.07) is 17.5. The van der Waals surface area contributed by atoms with Crippen LogP contribution in [-0.2, 0) is 4.74 Å². The number of aryl methyl sites for hydroxylation is 1. The lowest BCUT2D eigenvalue weighted by molar-refractivity contribution is 0.178. The smallest absolute Gasteiger partial charge is 0.417 e. The number of benzene rings is 2. The summed E-state index contributed by atoms with van der Waals surface area (Å²) >= 11 is 0. The molecule has 2 aromatic carbocycles. The van der Waals surface area contributed by atoms with Gasteiger partial charge in [0.05, 0.1) is 12.1 Å². The number of ether oxygens (including phenoxy) is 2. The highest BCUT2D eigenvalue weighted by Gasteiger charge is 2.35. The number of nitrogens with one attached hydrogen (secondary N) is 1. The summed E-state index contributed by atoms with van der Waals surface area (Å²) in [6.45, 7) is 8.40. The van der Waals surface area contributed by atoms with E-state index in [1.165, 1.54) is 4.90 Å². The SMILES string of the molecule is CC[C@H]1COC(=O)N1c1nc(C)nc(NC(c2ccc(Oc3ccccc3)cc2)C(C)C)n1. The Bertz CT molecular complexity index is 1090. The van der Waals surface area contributed by atoms with Gasteiger partial charge in [0, 0.05) is 0 Å². The standard InChI is InChI=1S/C25H29N5O3/c1-5-19-15-32-25(31)30(19)24-27-17(4)26-23(29-24)28-22(16(2)3)18-11-13-21(14-12-18)33-20-9-7-6-8-10-20/h6-14,16,19,22H,5,15H2,1-4H3,(H,26,27,28,29)/t19-,22?/m0/s1. The van der Waals surface area contributed by atoms with Gasteiger partial charge >= 0.3 is 6.09 Å². The van der Waals surface area contributed by atoms with Gasteiger partial charge in [-0.3, -0.25) is 0 Å². The zero-order valence-corrected chi connectivity index (χ0v) is 19.4. The fraction of sp³-hybridized carbons (Fsp3) is 0.360. The molecular formula is C25H29N5O3. The molecule has 1 aliphatic rings. The number of amides is 1. The summed E-state index contributed by atoms with van der Waals surface area (Å²) in [5, 5.41) is 3.43. The molecule has 0 saturated carbocycles. The van der Waals surface area contributed by atoms with Crippen molar-refractivity contribution in [2.45, 2.75) is 46.2 Å². The highest BCUT2D eigenvalue weighted by atomic mass is 16.6. The molecule has 1 saturated heterocycles. The van der Waals surface area contributed by atoms with Crippen LogP contribution in [0.2, 0.25) is 0 Å². The highest BCUT2D eigenvalue weighted by molar-refractivity contribution is 5.88. The van der Waals surface area contributed by atoms with Crippen LogP contribution in [0.5, 0.6) is 11.5 Å². The molecule has 0 radical (unpaired) electrons. The van der Waals surface area contributed by atoms with Gasteiger partial charge in [0.25, 0.3) is 0 Å². The molecule has 1 aromatic heterocycles. The van der Waals surface area contributed by atoms with Crippen molar-refractivity contribution < 1.29 is 14.3 Å². The minimum atomic E-state index is -0.423. The molecule has 3 aromatic rings. The van der Waals surface area contributed by atoms with Gasteiger partial charge in [-0.25, -0.2) is 9.69 Å². The van der Waals surface area contributed by atoms with Gasteiger partial charge in [0.1, 0.15) is 23.9 Å². The fourth-order valence-corrected chi connectivity index (χ4v) is 3.79. The fourth-order valence-electron chi connectivity index (χ4n) is 3.79. The van der Waals surface area contributed by atoms with Crippen molar-refractivity contribution in [2.75, 3.05) is 16.8 Å². The van der Waals surface area contributed by atoms with E-state index in [0.717, 1.165) is 23.5 Å². The van der Waals surface area contributed by atoms with Crippen LogP contribution in [0, 0.1) is 12.8 Å². The quantitative estimate of drug-likeness (QED) is 0.486. The van der Waals surface area contributed by atoms with Gasteiger partial charge in [-0.15, -0.1) is 0 Å². The van der Waals surface area contributed by atoms with Gasteiger partial charge in [0.15, 0.2) is 0 Å². The van der Waals surface area contributed by atoms with Crippen molar-refractivity contribution in [1.82, 2.24) is 15.0 Å². The van der Waals surface area contributed by atoms with Crippen LogP contribution in [0.1, 0.15) is 44.6 Å². The monoisotopic (exact) mass is 447 g/mol. The Hall–Kier alpha value is -3.68. The summed E-state index contributed by atoms with van der Waals surface area (Å²) < 4.78 is 11.1. The van der Waals surface area contributed by atoms with Crippen LogP contribution in [0.15, 0.2) is 54.6 Å². The largest absolute Gasteiger partial charge is 0.457 e. The lowest BCUT2D eigenvalue weighted by atomic mass is 9.96. The molecule has 0 bridgehead atoms. The van der Waals surface area contributed by atoms with Crippen molar-refractivity contribution in [3.05, 3.63) is 66.0 Å². The number of anilines is 2. The number of cyclic esters (lactones) is 1. The number of carbonyl (C=O) groups is 1. The number of rotatable bonds is 8. The first-order chi connectivity index (χ1) is 15.9. The second-order valence-corrected chi connectivity index (χ2v) is 8.37. The van der Waals surface area contributed by atoms with Crippen molar-refractivity contribution in [3.8, 4) is 11.5 Å². The highest BCUT2D eigenvalue weighted by Crippen LogP contribution is 2.29. The second-order valence-electron chi connectivity index (χ2n) is 8.37. The Morgan fingerprint density at radius 3 is 2.42 bits per heavy atom. The molecule has 1 amide bonds. The Morgan fingerprint density at radius 1 is 1.06 bits per heavy atom. The average Bonchev–Trinajstić information content (AvgIpc) is 3.19. The molecule has 172 valence electrons. The maximum absolute atomic E-state index is 12.3. The lowest BCUT2D eigenvalue weighted by Gasteiger charge is -2.24. The molecule has 0 aliphatic carbocycles. The summed E-state index contributed by atoms with van der Waals surface area (Å²) in [7, 11) is 0. The molecule has 1 fully saturated rings. The molecule has 1 N–H and O–H groups in total. The van der Waals surface area contributed by atoms with E-state index in [1.807, 2.05) is 61.5 Å². The zero-order chi connectivity index (χ0) is 23.4. The van der Waals surface area contributed by atoms with Gasteiger partial charge in [-0.1, -0.05) is 51.1 Å². The molecule has 8 nitrogen and oxygen atoms in total. The van der Waals surface area contributed by atoms with Gasteiger partial charge in [-0.05, 0) is 49.1 Å². The molecule has 8 heteroatoms. The van der Waals surface area contributed by atoms with Crippen LogP contribution < -0.4 is 15.0 Å². The first-order valence-electron chi connectivity index (χ1n) is 11.2. The molecule has 33 heavy (non-hydrogen) atoms. The molecule has 0 spiro atoms. The molecule has 4 rings (SSSR count). The first-order valence-corrected chi connectivity index (χ1v) is 11.2. The van der Waals surface area contributed by atoms with Crippen LogP contribution in [0.4, 0.5) is 16.7 Å². The summed E-state index contributed by atoms with van der Waals surface area (Å²) in [6.07, 6.45) is 0.332. The minimum Gasteiger partial charge on any atom is -0.457 e. The molecule has 2 atom stereocenters. The topological polar surface area (TPSA) is 89.5 Å². The minimum absolute atomic E-state index is 0.0436. The van der Waals surface area contributed by atoms with Crippen molar-refractivity contribution in [1.29, 1.82) is 0 Å². The van der Waals surface area contributed by atoms with Gasteiger partial charge < -0.3 is 14.8 Å². The maximum atomic E-state index is 12.3. The number of para-hydroxylation sites is 1. The molecule has 1 unspecified atom stereocenters. The summed E-state index contributed by atoms with van der Waals surface area (Å²) in [4.78, 5) is 27.2. The number of hydrogen-bond donors (Lipinski definition) is 1. The number of hydrogen-bond acceptors (Lipinski definition) is 7. The zero-order valence-electron chi connectivity index (χ0n) is 19.4. The second kappa shape index (κ2) is 9.85. The van der Waals surface area contributed by atoms with E-state index in [2.05, 4.69) is 34.1 Å². The van der Waals surface area contributed by atoms with Crippen molar-refractivity contribution in [3.63, 3.8) is 0 Å². The summed E-state index contributed by atoms with van der Waals surface area (Å²) in [5.74, 6) is 3.09. The van der Waals surface area contributed by atoms with Crippen molar-refractivity contribution >= 4 is 18.0 Å². The van der Waals surface area contributed by atoms with E-state index in [0.29, 0.717) is 24.3 Å². The molecule has 1 aliphatic heterocycles. The van der Waals surface area contributed by atoms with Crippen LogP contribution in [0.3, 0.4) is 0 Å². The number of aromatic nitrogens is 3. The predicted molar refractivity (Wildman–Crippen MR) is 127 cm³/mol. The van der Waals surface area contributed by atoms with Crippen LogP contribution in [-0.4, -0.2) is 33.7 Å². The number of carbonyl (C=O) groups excluding carboxylic acids is 1. The number of nitrogens with zero attached hydrogens (tertiary/aromatic N) is 4. The van der Waals surface area contributed by atoms with Crippen LogP contribution >= 0.6 is 0 Å². The third kappa shape index (κ3) is 5.22. The van der Waals surface area contributed by atoms with E-state index in [9.17, 15) is 4.79 Å². The third-order valence-electron chi connectivity index (χ3n) is 5.55. The van der Waals surface area contributed by atoms with Crippen molar-refractivity contribution in [2.24, 2.45) is 5.92 Å². The Kier molecular flexibility index (Phi) is 6.72. The normalized spacial score (nSPS) is 16.6. The third-order valence-corrected chi connectivity index (χ3v) is 5.55. The lowest BCUT2D eigenvalue weighted by Crippen LogP contribution is -2.35. The van der Waals surface area contributed by atoms with E-state index >= 15 is 0 Å². The molecular weight excluding hydrogens is 418 g/mol. The van der Waals surface area contributed by atoms with E-state index in [4.69, 9.17) is 9.47 Å². The Labute approximate surface area is 194 Å². The summed E-state index contributed by atoms with van der Waals surface area (Å²) in [5.41, 5.74) is 1.08. The van der Waals surface area contributed by atoms with E-state index < -0.39 is 6.09 Å². The van der Waals surface area contributed by atoms with Crippen LogP contribution in [0.25, 0.3) is 0 Å². The maximum Gasteiger partial charge on any atom is 0.417 e. The molecule has 2 heterocycles. The Balaban J connectivity index is 1.55. The first kappa shape index (κ1) is 22.5. The Morgan fingerprint density at radius 2 is 1.76 bits per heavy atom. The van der Waals surface area contributed by atoms with Gasteiger partial charge in [0.2, 0.25) is 11.9 Å². The van der Waals surface area contributed by atoms with E-state index in [1.54, 1.807) is 6.92 Å². The van der Waals surface area contributed by atoms with Gasteiger partial charge in [-0.2, -0.15) is 15.0 Å². The average molecular weight is 448 g/mol. The van der Waals surface area contributed by atoms with E-state index in [-0.39, 0.29) is 18.0 Å². The predicted octanol–water partition coefficient (Wildman–Crippen LogP) is 5.52.